The fraction of sp³-hybridized carbons (Fsp3) is 0.364. The van der Waals surface area contributed by atoms with E-state index in [0.29, 0.717) is 33.0 Å². The van der Waals surface area contributed by atoms with Crippen molar-refractivity contribution >= 4 is 39.6 Å². The highest BCUT2D eigenvalue weighted by Crippen LogP contribution is 2.24. The summed E-state index contributed by atoms with van der Waals surface area (Å²) in [5, 5.41) is 6.63. The first kappa shape index (κ1) is 22.1. The molecule has 0 aliphatic carbocycles. The number of nitrogens with zero attached hydrogens (tertiary/aromatic N) is 5. The van der Waals surface area contributed by atoms with Gasteiger partial charge in [-0.1, -0.05) is 30.4 Å². The number of aromatic nitrogens is 3. The van der Waals surface area contributed by atoms with E-state index < -0.39 is 0 Å². The van der Waals surface area contributed by atoms with E-state index in [1.807, 2.05) is 25.1 Å². The molecule has 1 amide bonds. The predicted octanol–water partition coefficient (Wildman–Crippen LogP) is 2.96. The molecule has 32 heavy (non-hydrogen) atoms. The van der Waals surface area contributed by atoms with E-state index in [1.165, 1.54) is 11.3 Å². The fourth-order valence-corrected chi connectivity index (χ4v) is 4.33. The number of likely N-dealkylation sites (N-methyl/N-ethyl adjacent to an activating group) is 1. The molecule has 1 aliphatic rings. The van der Waals surface area contributed by atoms with Crippen LogP contribution in [-0.4, -0.2) is 63.4 Å². The van der Waals surface area contributed by atoms with Crippen molar-refractivity contribution in [1.29, 1.82) is 0 Å². The molecule has 0 saturated carbocycles. The van der Waals surface area contributed by atoms with E-state index >= 15 is 0 Å². The van der Waals surface area contributed by atoms with Gasteiger partial charge in [0.25, 0.3) is 5.91 Å². The average molecular weight is 453 g/mol. The van der Waals surface area contributed by atoms with Gasteiger partial charge in [0.05, 0.1) is 23.3 Å². The van der Waals surface area contributed by atoms with Crippen molar-refractivity contribution in [2.75, 3.05) is 49.1 Å². The Morgan fingerprint density at radius 2 is 1.91 bits per heavy atom. The van der Waals surface area contributed by atoms with Crippen molar-refractivity contribution in [3.63, 3.8) is 0 Å². The second-order valence-corrected chi connectivity index (χ2v) is 8.73. The van der Waals surface area contributed by atoms with Crippen LogP contribution >= 0.6 is 11.3 Å². The lowest BCUT2D eigenvalue weighted by molar-refractivity contribution is 0.103. The van der Waals surface area contributed by atoms with E-state index in [4.69, 9.17) is 5.73 Å². The number of amides is 1. The number of aryl methyl sites for hydroxylation is 1. The van der Waals surface area contributed by atoms with E-state index in [2.05, 4.69) is 42.3 Å². The maximum absolute atomic E-state index is 12.5. The summed E-state index contributed by atoms with van der Waals surface area (Å²) >= 11 is 1.26. The number of carbonyl (C=O) groups excluding carboxylic acids is 1. The fourth-order valence-electron chi connectivity index (χ4n) is 3.61. The Balaban J connectivity index is 1.39. The number of rotatable bonds is 7. The van der Waals surface area contributed by atoms with Crippen LogP contribution in [0.25, 0.3) is 0 Å². The molecule has 1 aliphatic heterocycles. The lowest BCUT2D eigenvalue weighted by Crippen LogP contribution is -2.45. The van der Waals surface area contributed by atoms with Crippen molar-refractivity contribution in [3.8, 4) is 0 Å². The molecule has 4 N–H and O–H groups in total. The Hall–Kier alpha value is -3.08. The minimum atomic E-state index is -0.251. The summed E-state index contributed by atoms with van der Waals surface area (Å²) in [4.78, 5) is 31.3. The average Bonchev–Trinajstić information content (AvgIpc) is 3.24. The third-order valence-electron chi connectivity index (χ3n) is 5.36. The van der Waals surface area contributed by atoms with Crippen LogP contribution in [0.5, 0.6) is 0 Å². The quantitative estimate of drug-likeness (QED) is 0.469. The number of anilines is 4. The Morgan fingerprint density at radius 3 is 2.66 bits per heavy atom. The molecule has 3 aromatic rings. The van der Waals surface area contributed by atoms with Gasteiger partial charge in [-0.05, 0) is 25.6 Å². The van der Waals surface area contributed by atoms with Crippen molar-refractivity contribution in [1.82, 2.24) is 24.8 Å². The molecule has 9 nitrogen and oxygen atoms in total. The minimum Gasteiger partial charge on any atom is -0.397 e. The van der Waals surface area contributed by atoms with Crippen molar-refractivity contribution in [3.05, 3.63) is 52.9 Å². The van der Waals surface area contributed by atoms with Gasteiger partial charge in [0.15, 0.2) is 5.13 Å². The number of thiazole rings is 1. The highest BCUT2D eigenvalue weighted by Gasteiger charge is 2.17. The largest absolute Gasteiger partial charge is 0.397 e. The second-order valence-electron chi connectivity index (χ2n) is 7.70. The summed E-state index contributed by atoms with van der Waals surface area (Å²) in [6.07, 6.45) is 1.55. The summed E-state index contributed by atoms with van der Waals surface area (Å²) in [6, 6.07) is 9.10. The molecule has 1 fully saturated rings. The molecule has 0 unspecified atom stereocenters. The highest BCUT2D eigenvalue weighted by atomic mass is 32.1. The number of benzene rings is 1. The molecule has 1 aromatic carbocycles. The number of hydrogen-bond acceptors (Lipinski definition) is 9. The molecule has 2 aromatic heterocycles. The van der Waals surface area contributed by atoms with Crippen LogP contribution in [0, 0.1) is 6.92 Å². The number of hydrogen-bond donors (Lipinski definition) is 3. The Kier molecular flexibility index (Phi) is 6.93. The number of piperazine rings is 1. The summed E-state index contributed by atoms with van der Waals surface area (Å²) in [5.74, 6) is 1.12. The zero-order chi connectivity index (χ0) is 22.5. The first-order valence-corrected chi connectivity index (χ1v) is 11.5. The molecule has 10 heteroatoms. The standard InChI is InChI=1S/C22H28N8OS/c1-3-29-8-10-30(11-9-29)14-16-12-20(26-15(2)25-16)28-22-24-13-19(32-22)21(31)27-18-7-5-4-6-17(18)23/h4-7,12-13H,3,8-11,14,23H2,1-2H3,(H,27,31)(H,24,25,26,28). The van der Waals surface area contributed by atoms with Crippen LogP contribution in [0.1, 0.15) is 28.1 Å². The number of para-hydroxylation sites is 2. The minimum absolute atomic E-state index is 0.251. The first-order valence-electron chi connectivity index (χ1n) is 10.7. The van der Waals surface area contributed by atoms with Crippen LogP contribution < -0.4 is 16.4 Å². The van der Waals surface area contributed by atoms with Crippen LogP contribution in [0.15, 0.2) is 36.5 Å². The van der Waals surface area contributed by atoms with Gasteiger partial charge in [-0.3, -0.25) is 9.69 Å². The van der Waals surface area contributed by atoms with E-state index in [-0.39, 0.29) is 5.91 Å². The van der Waals surface area contributed by atoms with Gasteiger partial charge >= 0.3 is 0 Å². The van der Waals surface area contributed by atoms with Gasteiger partial charge < -0.3 is 21.3 Å². The summed E-state index contributed by atoms with van der Waals surface area (Å²) in [6.45, 7) is 10.2. The molecule has 4 rings (SSSR count). The molecule has 1 saturated heterocycles. The number of nitrogen functional groups attached to an aromatic ring is 1. The molecule has 0 atom stereocenters. The topological polar surface area (TPSA) is 112 Å². The van der Waals surface area contributed by atoms with Gasteiger partial charge in [-0.15, -0.1) is 0 Å². The predicted molar refractivity (Wildman–Crippen MR) is 128 cm³/mol. The molecule has 0 radical (unpaired) electrons. The van der Waals surface area contributed by atoms with E-state index in [0.717, 1.165) is 45.0 Å². The zero-order valence-electron chi connectivity index (χ0n) is 18.3. The van der Waals surface area contributed by atoms with Gasteiger partial charge in [-0.25, -0.2) is 15.0 Å². The molecule has 0 spiro atoms. The second kappa shape index (κ2) is 10.0. The SMILES string of the molecule is CCN1CCN(Cc2cc(Nc3ncc(C(=O)Nc4ccccc4N)s3)nc(C)n2)CC1. The number of carbonyl (C=O) groups is 1. The molecular weight excluding hydrogens is 424 g/mol. The normalized spacial score (nSPS) is 14.9. The molecule has 168 valence electrons. The Morgan fingerprint density at radius 1 is 1.16 bits per heavy atom. The third-order valence-corrected chi connectivity index (χ3v) is 6.27. The lowest BCUT2D eigenvalue weighted by atomic mass is 10.2. The summed E-state index contributed by atoms with van der Waals surface area (Å²) in [7, 11) is 0. The number of nitrogens with two attached hydrogens (primary N) is 1. The maximum atomic E-state index is 12.5. The van der Waals surface area contributed by atoms with Gasteiger partial charge in [-0.2, -0.15) is 0 Å². The first-order chi connectivity index (χ1) is 15.5. The van der Waals surface area contributed by atoms with Crippen LogP contribution in [0.3, 0.4) is 0 Å². The van der Waals surface area contributed by atoms with Crippen LogP contribution in [-0.2, 0) is 6.54 Å². The van der Waals surface area contributed by atoms with E-state index in [1.54, 1.807) is 18.3 Å². The van der Waals surface area contributed by atoms with E-state index in [9.17, 15) is 4.79 Å². The number of nitrogens with one attached hydrogen (secondary N) is 2. The van der Waals surface area contributed by atoms with Gasteiger partial charge in [0, 0.05) is 38.8 Å². The zero-order valence-corrected chi connectivity index (χ0v) is 19.2. The van der Waals surface area contributed by atoms with Gasteiger partial charge in [0.1, 0.15) is 16.5 Å². The lowest BCUT2D eigenvalue weighted by Gasteiger charge is -2.33. The van der Waals surface area contributed by atoms with Crippen molar-refractivity contribution in [2.24, 2.45) is 0 Å². The van der Waals surface area contributed by atoms with Crippen LogP contribution in [0.2, 0.25) is 0 Å². The van der Waals surface area contributed by atoms with Crippen molar-refractivity contribution < 1.29 is 4.79 Å². The molecule has 0 bridgehead atoms. The monoisotopic (exact) mass is 452 g/mol. The maximum Gasteiger partial charge on any atom is 0.267 e. The highest BCUT2D eigenvalue weighted by molar-refractivity contribution is 7.17. The molecule has 3 heterocycles. The molecular formula is C22H28N8OS. The summed E-state index contributed by atoms with van der Waals surface area (Å²) < 4.78 is 0. The van der Waals surface area contributed by atoms with Crippen LogP contribution in [0.4, 0.5) is 22.3 Å². The Bertz CT molecular complexity index is 1080. The smallest absolute Gasteiger partial charge is 0.267 e. The Labute approximate surface area is 191 Å². The van der Waals surface area contributed by atoms with Gasteiger partial charge in [0.2, 0.25) is 0 Å². The van der Waals surface area contributed by atoms with Crippen molar-refractivity contribution in [2.45, 2.75) is 20.4 Å². The summed E-state index contributed by atoms with van der Waals surface area (Å²) in [5.41, 5.74) is 7.97. The third kappa shape index (κ3) is 5.58.